The third kappa shape index (κ3) is 3.79. The third-order valence-corrected chi connectivity index (χ3v) is 4.49. The maximum absolute atomic E-state index is 11.5. The predicted molar refractivity (Wildman–Crippen MR) is 88.2 cm³/mol. The zero-order valence-corrected chi connectivity index (χ0v) is 13.3. The Hall–Kier alpha value is -1.94. The smallest absolute Gasteiger partial charge is 0.159 e. The lowest BCUT2D eigenvalue weighted by atomic mass is 10.1. The molecule has 0 radical (unpaired) electrons. The molecule has 0 saturated heterocycles. The normalized spacial score (nSPS) is 10.4. The van der Waals surface area contributed by atoms with E-state index in [1.807, 2.05) is 37.3 Å². The number of benzene rings is 2. The second-order valence-corrected chi connectivity index (χ2v) is 5.91. The second-order valence-electron chi connectivity index (χ2n) is 4.90. The molecular weight excluding hydrogens is 282 g/mol. The fourth-order valence-electron chi connectivity index (χ4n) is 2.10. The van der Waals surface area contributed by atoms with Crippen LogP contribution in [0.25, 0.3) is 0 Å². The van der Waals surface area contributed by atoms with Gasteiger partial charge in [0.1, 0.15) is 5.75 Å². The first-order chi connectivity index (χ1) is 10.0. The number of anilines is 1. The summed E-state index contributed by atoms with van der Waals surface area (Å²) in [7, 11) is 1.64. The number of thioether (sulfide) groups is 1. The Kier molecular flexibility index (Phi) is 4.91. The molecule has 2 aromatic carbocycles. The molecule has 0 amide bonds. The molecule has 0 aliphatic heterocycles. The molecule has 0 unspecified atom stereocenters. The van der Waals surface area contributed by atoms with Gasteiger partial charge in [0.2, 0.25) is 0 Å². The molecular formula is C17H19NO2S. The number of rotatable bonds is 5. The minimum atomic E-state index is 0.0626. The third-order valence-electron chi connectivity index (χ3n) is 3.27. The van der Waals surface area contributed by atoms with Crippen LogP contribution in [0, 0.1) is 6.92 Å². The summed E-state index contributed by atoms with van der Waals surface area (Å²) in [5.41, 5.74) is 9.42. The predicted octanol–water partition coefficient (Wildman–Crippen LogP) is 4.08. The maximum Gasteiger partial charge on any atom is 0.159 e. The summed E-state index contributed by atoms with van der Waals surface area (Å²) < 4.78 is 5.37. The Morgan fingerprint density at radius 3 is 2.62 bits per heavy atom. The van der Waals surface area contributed by atoms with Gasteiger partial charge < -0.3 is 10.5 Å². The van der Waals surface area contributed by atoms with Gasteiger partial charge in [-0.1, -0.05) is 0 Å². The lowest BCUT2D eigenvalue weighted by Gasteiger charge is -2.11. The number of nitrogen functional groups attached to an aromatic ring is 1. The topological polar surface area (TPSA) is 52.3 Å². The molecule has 0 spiro atoms. The molecule has 0 bridgehead atoms. The molecule has 3 nitrogen and oxygen atoms in total. The first kappa shape index (κ1) is 15.4. The molecule has 0 heterocycles. The SMILES string of the molecule is COc1ccc(C(C)=O)cc1CSc1ccc(N)cc1C. The van der Waals surface area contributed by atoms with Crippen LogP contribution in [0.1, 0.15) is 28.4 Å². The largest absolute Gasteiger partial charge is 0.496 e. The molecule has 0 fully saturated rings. The van der Waals surface area contributed by atoms with E-state index >= 15 is 0 Å². The first-order valence-electron chi connectivity index (χ1n) is 6.68. The molecule has 0 aliphatic carbocycles. The van der Waals surface area contributed by atoms with Crippen molar-refractivity contribution in [1.29, 1.82) is 0 Å². The van der Waals surface area contributed by atoms with Crippen molar-refractivity contribution in [3.63, 3.8) is 0 Å². The molecule has 0 aromatic heterocycles. The molecule has 0 saturated carbocycles. The van der Waals surface area contributed by atoms with Gasteiger partial charge in [-0.2, -0.15) is 0 Å². The van der Waals surface area contributed by atoms with E-state index in [1.54, 1.807) is 31.9 Å². The summed E-state index contributed by atoms with van der Waals surface area (Å²) in [6.45, 7) is 3.62. The number of hydrogen-bond acceptors (Lipinski definition) is 4. The van der Waals surface area contributed by atoms with E-state index in [1.165, 1.54) is 4.90 Å². The van der Waals surface area contributed by atoms with E-state index in [-0.39, 0.29) is 5.78 Å². The Balaban J connectivity index is 2.22. The van der Waals surface area contributed by atoms with Gasteiger partial charge in [-0.15, -0.1) is 11.8 Å². The number of carbonyl (C=O) groups excluding carboxylic acids is 1. The van der Waals surface area contributed by atoms with Gasteiger partial charge in [0.15, 0.2) is 5.78 Å². The molecule has 2 N–H and O–H groups in total. The van der Waals surface area contributed by atoms with Gasteiger partial charge in [0, 0.05) is 27.5 Å². The van der Waals surface area contributed by atoms with Crippen molar-refractivity contribution in [2.75, 3.05) is 12.8 Å². The molecule has 21 heavy (non-hydrogen) atoms. The average Bonchev–Trinajstić information content (AvgIpc) is 2.46. The van der Waals surface area contributed by atoms with Crippen molar-refractivity contribution in [3.8, 4) is 5.75 Å². The second kappa shape index (κ2) is 6.68. The van der Waals surface area contributed by atoms with Gasteiger partial charge in [-0.3, -0.25) is 4.79 Å². The Bertz CT molecular complexity index is 668. The summed E-state index contributed by atoms with van der Waals surface area (Å²) in [6, 6.07) is 11.4. The summed E-state index contributed by atoms with van der Waals surface area (Å²) in [4.78, 5) is 12.7. The van der Waals surface area contributed by atoms with Crippen LogP contribution in [0.2, 0.25) is 0 Å². The van der Waals surface area contributed by atoms with E-state index in [2.05, 4.69) is 0 Å². The highest BCUT2D eigenvalue weighted by molar-refractivity contribution is 7.98. The van der Waals surface area contributed by atoms with E-state index < -0.39 is 0 Å². The Morgan fingerprint density at radius 1 is 1.24 bits per heavy atom. The minimum absolute atomic E-state index is 0.0626. The maximum atomic E-state index is 11.5. The van der Waals surface area contributed by atoms with Crippen LogP contribution < -0.4 is 10.5 Å². The standard InChI is InChI=1S/C17H19NO2S/c1-11-8-15(18)5-7-17(11)21-10-14-9-13(12(2)19)4-6-16(14)20-3/h4-9H,10,18H2,1-3H3. The van der Waals surface area contributed by atoms with Crippen LogP contribution in [0.5, 0.6) is 5.75 Å². The van der Waals surface area contributed by atoms with Crippen LogP contribution in [-0.2, 0) is 5.75 Å². The zero-order chi connectivity index (χ0) is 15.4. The number of carbonyl (C=O) groups is 1. The lowest BCUT2D eigenvalue weighted by Crippen LogP contribution is -1.97. The molecule has 2 rings (SSSR count). The number of aryl methyl sites for hydroxylation is 1. The van der Waals surface area contributed by atoms with Crippen LogP contribution in [0.15, 0.2) is 41.3 Å². The lowest BCUT2D eigenvalue weighted by molar-refractivity contribution is 0.101. The van der Waals surface area contributed by atoms with E-state index in [0.717, 1.165) is 28.3 Å². The molecule has 2 aromatic rings. The number of Topliss-reactive ketones (excluding diaryl/α,β-unsaturated/α-hetero) is 1. The van der Waals surface area contributed by atoms with Gasteiger partial charge in [0.05, 0.1) is 7.11 Å². The van der Waals surface area contributed by atoms with Crippen molar-refractivity contribution in [3.05, 3.63) is 53.1 Å². The summed E-state index contributed by atoms with van der Waals surface area (Å²) in [6.07, 6.45) is 0. The van der Waals surface area contributed by atoms with Gasteiger partial charge in [-0.05, 0) is 55.8 Å². The molecule has 0 atom stereocenters. The van der Waals surface area contributed by atoms with E-state index in [4.69, 9.17) is 10.5 Å². The Labute approximate surface area is 129 Å². The van der Waals surface area contributed by atoms with Crippen molar-refractivity contribution < 1.29 is 9.53 Å². The average molecular weight is 301 g/mol. The highest BCUT2D eigenvalue weighted by Gasteiger charge is 2.09. The number of nitrogens with two attached hydrogens (primary N) is 1. The number of ketones is 1. The quantitative estimate of drug-likeness (QED) is 0.513. The van der Waals surface area contributed by atoms with Crippen molar-refractivity contribution in [2.24, 2.45) is 0 Å². The first-order valence-corrected chi connectivity index (χ1v) is 7.66. The van der Waals surface area contributed by atoms with E-state index in [9.17, 15) is 4.79 Å². The molecule has 110 valence electrons. The monoisotopic (exact) mass is 301 g/mol. The van der Waals surface area contributed by atoms with Gasteiger partial charge >= 0.3 is 0 Å². The fraction of sp³-hybridized carbons (Fsp3) is 0.235. The van der Waals surface area contributed by atoms with Gasteiger partial charge in [-0.25, -0.2) is 0 Å². The van der Waals surface area contributed by atoms with Crippen molar-refractivity contribution in [1.82, 2.24) is 0 Å². The van der Waals surface area contributed by atoms with Crippen molar-refractivity contribution in [2.45, 2.75) is 24.5 Å². The van der Waals surface area contributed by atoms with Crippen LogP contribution in [-0.4, -0.2) is 12.9 Å². The summed E-state index contributed by atoms with van der Waals surface area (Å²) in [5.74, 6) is 1.61. The molecule has 4 heteroatoms. The van der Waals surface area contributed by atoms with Crippen molar-refractivity contribution >= 4 is 23.2 Å². The summed E-state index contributed by atoms with van der Waals surface area (Å²) >= 11 is 1.71. The number of hydrogen-bond donors (Lipinski definition) is 1. The van der Waals surface area contributed by atoms with Crippen LogP contribution in [0.4, 0.5) is 5.69 Å². The zero-order valence-electron chi connectivity index (χ0n) is 12.5. The highest BCUT2D eigenvalue weighted by Crippen LogP contribution is 2.31. The van der Waals surface area contributed by atoms with Gasteiger partial charge in [0.25, 0.3) is 0 Å². The van der Waals surface area contributed by atoms with Crippen LogP contribution in [0.3, 0.4) is 0 Å². The number of methoxy groups -OCH3 is 1. The molecule has 0 aliphatic rings. The summed E-state index contributed by atoms with van der Waals surface area (Å²) in [5, 5.41) is 0. The number of ether oxygens (including phenoxy) is 1. The Morgan fingerprint density at radius 2 is 2.00 bits per heavy atom. The minimum Gasteiger partial charge on any atom is -0.496 e. The van der Waals surface area contributed by atoms with Crippen LogP contribution >= 0.6 is 11.8 Å². The fourth-order valence-corrected chi connectivity index (χ4v) is 3.09. The highest BCUT2D eigenvalue weighted by atomic mass is 32.2. The van der Waals surface area contributed by atoms with E-state index in [0.29, 0.717) is 5.56 Å².